The van der Waals surface area contributed by atoms with Gasteiger partial charge in [0.25, 0.3) is 0 Å². The van der Waals surface area contributed by atoms with E-state index in [4.69, 9.17) is 13.9 Å². The summed E-state index contributed by atoms with van der Waals surface area (Å²) in [6.45, 7) is 4.56. The molecule has 1 saturated heterocycles. The molecule has 1 unspecified atom stereocenters. The fourth-order valence-corrected chi connectivity index (χ4v) is 3.82. The quantitative estimate of drug-likeness (QED) is 0.600. The summed E-state index contributed by atoms with van der Waals surface area (Å²) in [7, 11) is 1.30. The number of nitrogens with zero attached hydrogens (tertiary/aromatic N) is 1. The molecule has 1 aromatic heterocycles. The maximum absolute atomic E-state index is 12.5. The van der Waals surface area contributed by atoms with E-state index >= 15 is 0 Å². The molecule has 27 heavy (non-hydrogen) atoms. The van der Waals surface area contributed by atoms with E-state index in [1.807, 2.05) is 19.1 Å². The van der Waals surface area contributed by atoms with Crippen molar-refractivity contribution >= 4 is 16.9 Å². The summed E-state index contributed by atoms with van der Waals surface area (Å²) in [4.78, 5) is 26.3. The third-order valence-corrected chi connectivity index (χ3v) is 5.33. The van der Waals surface area contributed by atoms with Gasteiger partial charge in [-0.15, -0.1) is 0 Å². The van der Waals surface area contributed by atoms with Gasteiger partial charge in [-0.3, -0.25) is 9.69 Å². The minimum Gasteiger partial charge on any atom is -0.478 e. The van der Waals surface area contributed by atoms with E-state index in [-0.39, 0.29) is 12.5 Å². The summed E-state index contributed by atoms with van der Waals surface area (Å²) in [6, 6.07) is 3.78. The molecule has 0 aliphatic carbocycles. The molecule has 0 saturated carbocycles. The van der Waals surface area contributed by atoms with Crippen LogP contribution in [-0.4, -0.2) is 44.0 Å². The van der Waals surface area contributed by atoms with E-state index in [0.717, 1.165) is 48.3 Å². The van der Waals surface area contributed by atoms with Gasteiger partial charge in [0.2, 0.25) is 0 Å². The standard InChI is InChI=1S/C20H23NO6/c1-12-14-5-6-17-16(10-21(11-26-17)9-13-4-3-7-25-13)19(14)27-20(23)15(12)8-18(22)24-2/h5-6,13H,3-4,7-11H2,1-2H3. The largest absolute Gasteiger partial charge is 0.478 e. The van der Waals surface area contributed by atoms with Crippen molar-refractivity contribution in [2.75, 3.05) is 27.0 Å². The number of aryl methyl sites for hydroxylation is 1. The van der Waals surface area contributed by atoms with E-state index in [2.05, 4.69) is 9.64 Å². The first-order valence-electron chi connectivity index (χ1n) is 9.18. The van der Waals surface area contributed by atoms with Crippen molar-refractivity contribution in [3.05, 3.63) is 39.2 Å². The highest BCUT2D eigenvalue weighted by Gasteiger charge is 2.26. The number of benzene rings is 1. The predicted octanol–water partition coefficient (Wildman–Crippen LogP) is 2.15. The average Bonchev–Trinajstić information content (AvgIpc) is 3.17. The van der Waals surface area contributed by atoms with Gasteiger partial charge in [-0.2, -0.15) is 0 Å². The maximum Gasteiger partial charge on any atom is 0.340 e. The highest BCUT2D eigenvalue weighted by Crippen LogP contribution is 2.34. The molecule has 1 aromatic carbocycles. The monoisotopic (exact) mass is 373 g/mol. The molecule has 0 amide bonds. The second kappa shape index (κ2) is 7.32. The van der Waals surface area contributed by atoms with E-state index in [9.17, 15) is 9.59 Å². The number of rotatable bonds is 4. The second-order valence-corrected chi connectivity index (χ2v) is 7.08. The number of hydrogen-bond donors (Lipinski definition) is 0. The van der Waals surface area contributed by atoms with Crippen LogP contribution in [0.1, 0.15) is 29.5 Å². The summed E-state index contributed by atoms with van der Waals surface area (Å²) in [5, 5.41) is 0.815. The normalized spacial score (nSPS) is 19.7. The Kier molecular flexibility index (Phi) is 4.88. The topological polar surface area (TPSA) is 78.2 Å². The maximum atomic E-state index is 12.5. The minimum absolute atomic E-state index is 0.0979. The van der Waals surface area contributed by atoms with Crippen LogP contribution < -0.4 is 10.4 Å². The van der Waals surface area contributed by atoms with Crippen LogP contribution in [0.3, 0.4) is 0 Å². The van der Waals surface area contributed by atoms with Crippen LogP contribution in [0.4, 0.5) is 0 Å². The highest BCUT2D eigenvalue weighted by molar-refractivity contribution is 5.87. The molecule has 144 valence electrons. The van der Waals surface area contributed by atoms with Gasteiger partial charge >= 0.3 is 11.6 Å². The lowest BCUT2D eigenvalue weighted by molar-refractivity contribution is -0.139. The molecule has 0 N–H and O–H groups in total. The minimum atomic E-state index is -0.505. The van der Waals surface area contributed by atoms with E-state index < -0.39 is 11.6 Å². The Hall–Kier alpha value is -2.38. The lowest BCUT2D eigenvalue weighted by Gasteiger charge is -2.30. The lowest BCUT2D eigenvalue weighted by Crippen LogP contribution is -2.37. The third kappa shape index (κ3) is 3.44. The van der Waals surface area contributed by atoms with Gasteiger partial charge in [-0.25, -0.2) is 4.79 Å². The van der Waals surface area contributed by atoms with Crippen LogP contribution in [0.25, 0.3) is 11.0 Å². The lowest BCUT2D eigenvalue weighted by atomic mass is 10.00. The molecule has 2 aromatic rings. The summed E-state index contributed by atoms with van der Waals surface area (Å²) in [6.07, 6.45) is 2.28. The van der Waals surface area contributed by atoms with Crippen LogP contribution in [0.2, 0.25) is 0 Å². The fraction of sp³-hybridized carbons (Fsp3) is 0.500. The second-order valence-electron chi connectivity index (χ2n) is 7.08. The number of fused-ring (bicyclic) bond motifs is 3. The Balaban J connectivity index is 1.70. The van der Waals surface area contributed by atoms with Crippen LogP contribution in [-0.2, 0) is 27.2 Å². The molecule has 7 nitrogen and oxygen atoms in total. The summed E-state index contributed by atoms with van der Waals surface area (Å²) in [5.41, 5.74) is 1.96. The zero-order chi connectivity index (χ0) is 19.0. The SMILES string of the molecule is COC(=O)Cc1c(C)c2ccc3c(c2oc1=O)CN(CC1CCCO1)CO3. The summed E-state index contributed by atoms with van der Waals surface area (Å²) < 4.78 is 21.9. The number of hydrogen-bond acceptors (Lipinski definition) is 7. The molecule has 1 fully saturated rings. The first kappa shape index (κ1) is 18.0. The van der Waals surface area contributed by atoms with Gasteiger partial charge in [0.15, 0.2) is 0 Å². The molecule has 1 atom stereocenters. The molecule has 0 bridgehead atoms. The van der Waals surface area contributed by atoms with Crippen LogP contribution in [0, 0.1) is 6.92 Å². The first-order valence-corrected chi connectivity index (χ1v) is 9.18. The Labute approximate surface area is 156 Å². The first-order chi connectivity index (χ1) is 13.1. The molecule has 0 radical (unpaired) electrons. The molecule has 3 heterocycles. The molecule has 0 spiro atoms. The van der Waals surface area contributed by atoms with Crippen molar-refractivity contribution in [2.24, 2.45) is 0 Å². The van der Waals surface area contributed by atoms with Crippen molar-refractivity contribution in [3.63, 3.8) is 0 Å². The number of esters is 1. The highest BCUT2D eigenvalue weighted by atomic mass is 16.5. The smallest absolute Gasteiger partial charge is 0.340 e. The van der Waals surface area contributed by atoms with Gasteiger partial charge in [-0.1, -0.05) is 0 Å². The predicted molar refractivity (Wildman–Crippen MR) is 97.8 cm³/mol. The van der Waals surface area contributed by atoms with Crippen molar-refractivity contribution in [1.29, 1.82) is 0 Å². The molecular weight excluding hydrogens is 350 g/mol. The van der Waals surface area contributed by atoms with Crippen molar-refractivity contribution in [2.45, 2.75) is 38.8 Å². The Morgan fingerprint density at radius 2 is 2.22 bits per heavy atom. The molecule has 2 aliphatic rings. The third-order valence-electron chi connectivity index (χ3n) is 5.33. The number of ether oxygens (including phenoxy) is 3. The molecule has 2 aliphatic heterocycles. The molecular formula is C20H23NO6. The van der Waals surface area contributed by atoms with Crippen molar-refractivity contribution < 1.29 is 23.4 Å². The number of carbonyl (C=O) groups excluding carboxylic acids is 1. The molecule has 4 rings (SSSR count). The number of methoxy groups -OCH3 is 1. The van der Waals surface area contributed by atoms with E-state index in [1.165, 1.54) is 7.11 Å². The zero-order valence-corrected chi connectivity index (χ0v) is 15.6. The molecule has 7 heteroatoms. The summed E-state index contributed by atoms with van der Waals surface area (Å²) >= 11 is 0. The Bertz CT molecular complexity index is 928. The Morgan fingerprint density at radius 3 is 2.96 bits per heavy atom. The van der Waals surface area contributed by atoms with E-state index in [0.29, 0.717) is 24.4 Å². The van der Waals surface area contributed by atoms with Gasteiger partial charge in [0.1, 0.15) is 18.1 Å². The van der Waals surface area contributed by atoms with Crippen molar-refractivity contribution in [1.82, 2.24) is 4.90 Å². The Morgan fingerprint density at radius 1 is 1.37 bits per heavy atom. The van der Waals surface area contributed by atoms with Crippen LogP contribution in [0.15, 0.2) is 21.3 Å². The average molecular weight is 373 g/mol. The summed E-state index contributed by atoms with van der Waals surface area (Å²) in [5.74, 6) is 0.267. The van der Waals surface area contributed by atoms with Gasteiger partial charge in [-0.05, 0) is 37.5 Å². The van der Waals surface area contributed by atoms with Crippen LogP contribution >= 0.6 is 0 Å². The zero-order valence-electron chi connectivity index (χ0n) is 15.6. The van der Waals surface area contributed by atoms with Gasteiger partial charge in [0, 0.05) is 25.1 Å². The van der Waals surface area contributed by atoms with Crippen molar-refractivity contribution in [3.8, 4) is 5.75 Å². The number of carbonyl (C=O) groups is 1. The van der Waals surface area contributed by atoms with Gasteiger partial charge < -0.3 is 18.6 Å². The fourth-order valence-electron chi connectivity index (χ4n) is 3.82. The van der Waals surface area contributed by atoms with E-state index in [1.54, 1.807) is 0 Å². The van der Waals surface area contributed by atoms with Crippen LogP contribution in [0.5, 0.6) is 5.75 Å². The van der Waals surface area contributed by atoms with Gasteiger partial charge in [0.05, 0.1) is 30.8 Å².